The highest BCUT2D eigenvalue weighted by Gasteiger charge is 2.10. The van der Waals surface area contributed by atoms with Gasteiger partial charge in [-0.25, -0.2) is 0 Å². The Bertz CT molecular complexity index is 765. The van der Waals surface area contributed by atoms with Crippen molar-refractivity contribution in [1.82, 2.24) is 14.8 Å². The molecule has 0 unspecified atom stereocenters. The van der Waals surface area contributed by atoms with Gasteiger partial charge in [0.25, 0.3) is 0 Å². The first-order chi connectivity index (χ1) is 11.2. The van der Waals surface area contributed by atoms with E-state index >= 15 is 0 Å². The molecule has 0 aliphatic rings. The molecule has 0 saturated carbocycles. The number of rotatable bonds is 6. The summed E-state index contributed by atoms with van der Waals surface area (Å²) >= 11 is 1.75. The summed E-state index contributed by atoms with van der Waals surface area (Å²) in [4.78, 5) is 0. The highest BCUT2D eigenvalue weighted by molar-refractivity contribution is 7.98. The van der Waals surface area contributed by atoms with E-state index < -0.39 is 0 Å². The fraction of sp³-hybridized carbons (Fsp3) is 0.263. The van der Waals surface area contributed by atoms with E-state index in [9.17, 15) is 0 Å². The molecule has 0 N–H and O–H groups in total. The average Bonchev–Trinajstić information content (AvgIpc) is 2.93. The van der Waals surface area contributed by atoms with Crippen molar-refractivity contribution in [3.05, 3.63) is 77.1 Å². The van der Waals surface area contributed by atoms with E-state index in [0.29, 0.717) is 0 Å². The van der Waals surface area contributed by atoms with Gasteiger partial charge in [-0.05, 0) is 30.0 Å². The third-order valence-corrected chi connectivity index (χ3v) is 5.09. The molecule has 3 rings (SSSR count). The molecule has 1 aromatic heterocycles. The fourth-order valence-corrected chi connectivity index (χ4v) is 3.51. The molecule has 0 aliphatic heterocycles. The molecule has 4 heteroatoms. The predicted molar refractivity (Wildman–Crippen MR) is 95.6 cm³/mol. The Morgan fingerprint density at radius 2 is 1.65 bits per heavy atom. The van der Waals surface area contributed by atoms with Crippen LogP contribution in [-0.4, -0.2) is 14.8 Å². The lowest BCUT2D eigenvalue weighted by Gasteiger charge is -2.06. The molecule has 0 radical (unpaired) electrons. The first-order valence-corrected chi connectivity index (χ1v) is 8.82. The van der Waals surface area contributed by atoms with Crippen LogP contribution in [0.25, 0.3) is 0 Å². The third kappa shape index (κ3) is 4.02. The maximum absolute atomic E-state index is 4.36. The highest BCUT2D eigenvalue weighted by Crippen LogP contribution is 2.23. The summed E-state index contributed by atoms with van der Waals surface area (Å²) in [6, 6.07) is 19.0. The van der Waals surface area contributed by atoms with Gasteiger partial charge in [0.2, 0.25) is 0 Å². The summed E-state index contributed by atoms with van der Waals surface area (Å²) < 4.78 is 2.12. The first kappa shape index (κ1) is 15.8. The lowest BCUT2D eigenvalue weighted by molar-refractivity contribution is 0.723. The predicted octanol–water partition coefficient (Wildman–Crippen LogP) is 4.20. The van der Waals surface area contributed by atoms with Crippen molar-refractivity contribution >= 4 is 11.8 Å². The van der Waals surface area contributed by atoms with Crippen molar-refractivity contribution in [2.24, 2.45) is 7.05 Å². The highest BCUT2D eigenvalue weighted by atomic mass is 32.2. The van der Waals surface area contributed by atoms with Gasteiger partial charge in [-0.15, -0.1) is 10.2 Å². The minimum atomic E-state index is 0.915. The molecule has 3 nitrogen and oxygen atoms in total. The maximum atomic E-state index is 4.36. The van der Waals surface area contributed by atoms with Crippen LogP contribution in [0.2, 0.25) is 0 Å². The van der Waals surface area contributed by atoms with Gasteiger partial charge in [-0.1, -0.05) is 66.4 Å². The molecule has 23 heavy (non-hydrogen) atoms. The summed E-state index contributed by atoms with van der Waals surface area (Å²) in [5.74, 6) is 1.97. The monoisotopic (exact) mass is 323 g/mol. The molecule has 3 aromatic rings. The Labute approximate surface area is 141 Å². The Morgan fingerprint density at radius 1 is 0.913 bits per heavy atom. The molecule has 0 saturated heterocycles. The third-order valence-electron chi connectivity index (χ3n) is 4.02. The fourth-order valence-electron chi connectivity index (χ4n) is 2.50. The summed E-state index contributed by atoms with van der Waals surface area (Å²) in [5.41, 5.74) is 4.02. The standard InChI is InChI=1S/C19H21N3S/c1-15-8-6-7-11-17(15)14-23-19-21-20-18(22(19)2)13-12-16-9-4-3-5-10-16/h3-11H,12-14H2,1-2H3. The van der Waals surface area contributed by atoms with Gasteiger partial charge in [0, 0.05) is 19.2 Å². The molecular weight excluding hydrogens is 302 g/mol. The molecular formula is C19H21N3S. The van der Waals surface area contributed by atoms with Gasteiger partial charge in [-0.2, -0.15) is 0 Å². The number of hydrogen-bond donors (Lipinski definition) is 0. The summed E-state index contributed by atoms with van der Waals surface area (Å²) in [7, 11) is 2.06. The second-order valence-corrected chi connectivity index (χ2v) is 6.60. The summed E-state index contributed by atoms with van der Waals surface area (Å²) in [5, 5.41) is 9.69. The van der Waals surface area contributed by atoms with E-state index in [1.54, 1.807) is 11.8 Å². The van der Waals surface area contributed by atoms with Crippen molar-refractivity contribution in [2.45, 2.75) is 30.7 Å². The SMILES string of the molecule is Cc1ccccc1CSc1nnc(CCc2ccccc2)n1C. The van der Waals surface area contributed by atoms with Crippen molar-refractivity contribution in [3.8, 4) is 0 Å². The van der Waals surface area contributed by atoms with Crippen LogP contribution in [0.1, 0.15) is 22.5 Å². The lowest BCUT2D eigenvalue weighted by Crippen LogP contribution is -2.01. The van der Waals surface area contributed by atoms with Crippen molar-refractivity contribution < 1.29 is 0 Å². The van der Waals surface area contributed by atoms with Crippen LogP contribution in [0.3, 0.4) is 0 Å². The second-order valence-electron chi connectivity index (χ2n) is 5.66. The Morgan fingerprint density at radius 3 is 2.43 bits per heavy atom. The number of nitrogens with zero attached hydrogens (tertiary/aromatic N) is 3. The Kier molecular flexibility index (Phi) is 5.13. The van der Waals surface area contributed by atoms with Crippen LogP contribution in [-0.2, 0) is 25.6 Å². The molecule has 0 bridgehead atoms. The van der Waals surface area contributed by atoms with Gasteiger partial charge in [-0.3, -0.25) is 0 Å². The molecule has 0 spiro atoms. The zero-order valence-corrected chi connectivity index (χ0v) is 14.4. The molecule has 0 amide bonds. The molecule has 118 valence electrons. The Balaban J connectivity index is 1.62. The van der Waals surface area contributed by atoms with Crippen LogP contribution in [0, 0.1) is 6.92 Å². The molecule has 0 fully saturated rings. The smallest absolute Gasteiger partial charge is 0.191 e. The number of aryl methyl sites for hydroxylation is 3. The first-order valence-electron chi connectivity index (χ1n) is 7.83. The zero-order valence-electron chi connectivity index (χ0n) is 13.6. The van der Waals surface area contributed by atoms with Gasteiger partial charge >= 0.3 is 0 Å². The minimum absolute atomic E-state index is 0.915. The van der Waals surface area contributed by atoms with Crippen molar-refractivity contribution in [3.63, 3.8) is 0 Å². The summed E-state index contributed by atoms with van der Waals surface area (Å²) in [6.45, 7) is 2.15. The van der Waals surface area contributed by atoms with Gasteiger partial charge in [0.15, 0.2) is 5.16 Å². The number of benzene rings is 2. The van der Waals surface area contributed by atoms with Crippen LogP contribution >= 0.6 is 11.8 Å². The van der Waals surface area contributed by atoms with E-state index in [0.717, 1.165) is 29.6 Å². The van der Waals surface area contributed by atoms with Crippen LogP contribution in [0.15, 0.2) is 59.8 Å². The van der Waals surface area contributed by atoms with Crippen LogP contribution in [0.5, 0.6) is 0 Å². The largest absolute Gasteiger partial charge is 0.309 e. The van der Waals surface area contributed by atoms with E-state index in [4.69, 9.17) is 0 Å². The lowest BCUT2D eigenvalue weighted by atomic mass is 10.1. The molecule has 1 heterocycles. The topological polar surface area (TPSA) is 30.7 Å². The molecule has 0 atom stereocenters. The maximum Gasteiger partial charge on any atom is 0.191 e. The molecule has 0 aliphatic carbocycles. The van der Waals surface area contributed by atoms with E-state index in [-0.39, 0.29) is 0 Å². The van der Waals surface area contributed by atoms with Gasteiger partial charge < -0.3 is 4.57 Å². The minimum Gasteiger partial charge on any atom is -0.309 e. The summed E-state index contributed by atoms with van der Waals surface area (Å²) in [6.07, 6.45) is 1.91. The quantitative estimate of drug-likeness (QED) is 0.637. The zero-order chi connectivity index (χ0) is 16.1. The van der Waals surface area contributed by atoms with Gasteiger partial charge in [0.1, 0.15) is 5.82 Å². The van der Waals surface area contributed by atoms with E-state index in [2.05, 4.69) is 77.3 Å². The van der Waals surface area contributed by atoms with E-state index in [1.165, 1.54) is 16.7 Å². The van der Waals surface area contributed by atoms with Crippen molar-refractivity contribution in [2.75, 3.05) is 0 Å². The molecule has 2 aromatic carbocycles. The van der Waals surface area contributed by atoms with Crippen LogP contribution < -0.4 is 0 Å². The number of aromatic nitrogens is 3. The number of hydrogen-bond acceptors (Lipinski definition) is 3. The van der Waals surface area contributed by atoms with Gasteiger partial charge in [0.05, 0.1) is 0 Å². The second kappa shape index (κ2) is 7.47. The van der Waals surface area contributed by atoms with E-state index in [1.807, 2.05) is 6.07 Å². The van der Waals surface area contributed by atoms with Crippen molar-refractivity contribution in [1.29, 1.82) is 0 Å². The normalized spacial score (nSPS) is 10.9. The van der Waals surface area contributed by atoms with Crippen LogP contribution in [0.4, 0.5) is 0 Å². The Hall–Kier alpha value is -2.07. The number of thioether (sulfide) groups is 1. The average molecular weight is 323 g/mol.